The molecule has 1 aliphatic carbocycles. The van der Waals surface area contributed by atoms with E-state index in [1.165, 1.54) is 29.3 Å². The van der Waals surface area contributed by atoms with Crippen LogP contribution in [-0.2, 0) is 0 Å². The summed E-state index contributed by atoms with van der Waals surface area (Å²) in [5.41, 5.74) is 7.18. The highest BCUT2D eigenvalue weighted by Gasteiger charge is 2.19. The van der Waals surface area contributed by atoms with E-state index < -0.39 is 0 Å². The van der Waals surface area contributed by atoms with Crippen molar-refractivity contribution >= 4 is 15.9 Å². The van der Waals surface area contributed by atoms with E-state index in [1.54, 1.807) is 0 Å². The lowest BCUT2D eigenvalue weighted by Gasteiger charge is -2.29. The molecule has 0 spiro atoms. The normalized spacial score (nSPS) is 18.1. The van der Waals surface area contributed by atoms with Gasteiger partial charge in [0.1, 0.15) is 0 Å². The molecule has 16 heavy (non-hydrogen) atoms. The van der Waals surface area contributed by atoms with Crippen molar-refractivity contribution in [3.05, 3.63) is 34.3 Å². The maximum absolute atomic E-state index is 5.86. The number of hydrogen-bond donors (Lipinski definition) is 2. The van der Waals surface area contributed by atoms with Gasteiger partial charge in [-0.1, -0.05) is 40.5 Å². The smallest absolute Gasteiger partial charge is 0.0211 e. The van der Waals surface area contributed by atoms with E-state index in [-0.39, 0.29) is 0 Å². The molecule has 0 radical (unpaired) electrons. The molecule has 0 saturated heterocycles. The van der Waals surface area contributed by atoms with E-state index in [0.717, 1.165) is 12.6 Å². The highest BCUT2D eigenvalue weighted by molar-refractivity contribution is 9.10. The Labute approximate surface area is 106 Å². The number of halogens is 1. The Hall–Kier alpha value is -0.380. The first-order chi connectivity index (χ1) is 7.81. The average molecular weight is 283 g/mol. The quantitative estimate of drug-likeness (QED) is 0.871. The second kappa shape index (κ2) is 5.80. The molecule has 1 fully saturated rings. The van der Waals surface area contributed by atoms with Crippen LogP contribution in [0.1, 0.15) is 30.7 Å². The maximum Gasteiger partial charge on any atom is 0.0211 e. The highest BCUT2D eigenvalue weighted by Crippen LogP contribution is 2.25. The van der Waals surface area contributed by atoms with E-state index >= 15 is 0 Å². The van der Waals surface area contributed by atoms with Gasteiger partial charge in [0, 0.05) is 29.5 Å². The van der Waals surface area contributed by atoms with Crippen molar-refractivity contribution in [1.29, 1.82) is 0 Å². The Morgan fingerprint density at radius 2 is 2.12 bits per heavy atom. The van der Waals surface area contributed by atoms with Gasteiger partial charge in [0.2, 0.25) is 0 Å². The lowest BCUT2D eigenvalue weighted by Crippen LogP contribution is -2.39. The lowest BCUT2D eigenvalue weighted by molar-refractivity contribution is 0.332. The van der Waals surface area contributed by atoms with Crippen molar-refractivity contribution < 1.29 is 0 Å². The molecule has 0 amide bonds. The molecule has 88 valence electrons. The Kier molecular flexibility index (Phi) is 4.38. The first kappa shape index (κ1) is 12.1. The first-order valence-electron chi connectivity index (χ1n) is 5.99. The van der Waals surface area contributed by atoms with Crippen molar-refractivity contribution in [2.75, 3.05) is 13.1 Å². The maximum atomic E-state index is 5.86. The minimum atomic E-state index is 0.413. The molecule has 2 nitrogen and oxygen atoms in total. The summed E-state index contributed by atoms with van der Waals surface area (Å²) in [7, 11) is 0. The summed E-state index contributed by atoms with van der Waals surface area (Å²) in [6.45, 7) is 1.69. The lowest BCUT2D eigenvalue weighted by atomic mass is 9.91. The molecule has 1 unspecified atom stereocenters. The molecule has 0 heterocycles. The molecular weight excluding hydrogens is 264 g/mol. The largest absolute Gasteiger partial charge is 0.330 e. The molecule has 3 heteroatoms. The second-order valence-corrected chi connectivity index (χ2v) is 5.34. The van der Waals surface area contributed by atoms with Gasteiger partial charge in [-0.25, -0.2) is 0 Å². The van der Waals surface area contributed by atoms with Crippen molar-refractivity contribution in [1.82, 2.24) is 5.32 Å². The van der Waals surface area contributed by atoms with Crippen LogP contribution in [0.5, 0.6) is 0 Å². The van der Waals surface area contributed by atoms with Gasteiger partial charge >= 0.3 is 0 Å². The van der Waals surface area contributed by atoms with E-state index in [9.17, 15) is 0 Å². The SMILES string of the molecule is NCC(CNC1CCC1)c1ccccc1Br. The molecule has 1 atom stereocenters. The molecule has 1 aliphatic rings. The van der Waals surface area contributed by atoms with Gasteiger partial charge in [-0.3, -0.25) is 0 Å². The van der Waals surface area contributed by atoms with Crippen LogP contribution in [0.25, 0.3) is 0 Å². The van der Waals surface area contributed by atoms with Crippen LogP contribution in [-0.4, -0.2) is 19.1 Å². The fourth-order valence-corrected chi connectivity index (χ4v) is 2.66. The molecule has 0 aliphatic heterocycles. The summed E-state index contributed by atoms with van der Waals surface area (Å²) >= 11 is 3.59. The Morgan fingerprint density at radius 3 is 2.69 bits per heavy atom. The zero-order valence-corrected chi connectivity index (χ0v) is 11.0. The summed E-state index contributed by atoms with van der Waals surface area (Å²) in [5, 5.41) is 3.59. The Balaban J connectivity index is 1.95. The molecule has 2 rings (SSSR count). The zero-order valence-electron chi connectivity index (χ0n) is 9.45. The Morgan fingerprint density at radius 1 is 1.38 bits per heavy atom. The fraction of sp³-hybridized carbons (Fsp3) is 0.538. The molecule has 0 bridgehead atoms. The van der Waals surface area contributed by atoms with Gasteiger partial charge in [0.25, 0.3) is 0 Å². The van der Waals surface area contributed by atoms with Crippen LogP contribution in [0.4, 0.5) is 0 Å². The summed E-state index contributed by atoms with van der Waals surface area (Å²) < 4.78 is 1.17. The van der Waals surface area contributed by atoms with E-state index in [4.69, 9.17) is 5.73 Å². The minimum absolute atomic E-state index is 0.413. The molecular formula is C13H19BrN2. The number of benzene rings is 1. The van der Waals surface area contributed by atoms with Gasteiger partial charge in [-0.2, -0.15) is 0 Å². The molecule has 0 aromatic heterocycles. The predicted molar refractivity (Wildman–Crippen MR) is 71.6 cm³/mol. The van der Waals surface area contributed by atoms with Gasteiger partial charge in [0.15, 0.2) is 0 Å². The zero-order chi connectivity index (χ0) is 11.4. The summed E-state index contributed by atoms with van der Waals surface area (Å²) in [5.74, 6) is 0.413. The van der Waals surface area contributed by atoms with Crippen molar-refractivity contribution in [2.45, 2.75) is 31.2 Å². The third kappa shape index (κ3) is 2.84. The molecule has 1 aromatic carbocycles. The minimum Gasteiger partial charge on any atom is -0.330 e. The molecule has 1 saturated carbocycles. The number of hydrogen-bond acceptors (Lipinski definition) is 2. The van der Waals surface area contributed by atoms with Crippen LogP contribution in [0.15, 0.2) is 28.7 Å². The third-order valence-corrected chi connectivity index (χ3v) is 4.11. The predicted octanol–water partition coefficient (Wildman–Crippen LogP) is 2.63. The van der Waals surface area contributed by atoms with Crippen LogP contribution >= 0.6 is 15.9 Å². The highest BCUT2D eigenvalue weighted by atomic mass is 79.9. The number of rotatable bonds is 5. The number of nitrogens with one attached hydrogen (secondary N) is 1. The fourth-order valence-electron chi connectivity index (χ4n) is 2.05. The van der Waals surface area contributed by atoms with E-state index in [0.29, 0.717) is 12.5 Å². The molecule has 3 N–H and O–H groups in total. The summed E-state index contributed by atoms with van der Waals surface area (Å²) in [6, 6.07) is 9.09. The number of nitrogens with two attached hydrogens (primary N) is 1. The molecule has 1 aromatic rings. The average Bonchev–Trinajstić information content (AvgIpc) is 2.23. The van der Waals surface area contributed by atoms with Gasteiger partial charge in [0.05, 0.1) is 0 Å². The Bertz CT molecular complexity index is 336. The van der Waals surface area contributed by atoms with Crippen LogP contribution in [0.2, 0.25) is 0 Å². The van der Waals surface area contributed by atoms with Crippen LogP contribution in [0.3, 0.4) is 0 Å². The summed E-state index contributed by atoms with van der Waals surface area (Å²) in [4.78, 5) is 0. The topological polar surface area (TPSA) is 38.0 Å². The van der Waals surface area contributed by atoms with Gasteiger partial charge in [-0.05, 0) is 24.5 Å². The third-order valence-electron chi connectivity index (χ3n) is 3.39. The summed E-state index contributed by atoms with van der Waals surface area (Å²) in [6.07, 6.45) is 4.03. The monoisotopic (exact) mass is 282 g/mol. The first-order valence-corrected chi connectivity index (χ1v) is 6.78. The van der Waals surface area contributed by atoms with E-state index in [1.807, 2.05) is 6.07 Å². The van der Waals surface area contributed by atoms with Crippen molar-refractivity contribution in [3.8, 4) is 0 Å². The van der Waals surface area contributed by atoms with Crippen LogP contribution in [0, 0.1) is 0 Å². The van der Waals surface area contributed by atoms with Gasteiger partial charge < -0.3 is 11.1 Å². The standard InChI is InChI=1S/C13H19BrN2/c14-13-7-2-1-6-12(13)10(8-15)9-16-11-4-3-5-11/h1-2,6-7,10-11,16H,3-5,8-9,15H2. The van der Waals surface area contributed by atoms with E-state index in [2.05, 4.69) is 39.4 Å². The second-order valence-electron chi connectivity index (χ2n) is 4.49. The van der Waals surface area contributed by atoms with Crippen LogP contribution < -0.4 is 11.1 Å². The van der Waals surface area contributed by atoms with Crippen molar-refractivity contribution in [3.63, 3.8) is 0 Å². The van der Waals surface area contributed by atoms with Gasteiger partial charge in [-0.15, -0.1) is 0 Å². The van der Waals surface area contributed by atoms with Crippen molar-refractivity contribution in [2.24, 2.45) is 5.73 Å².